The normalized spacial score (nSPS) is 22.9. The van der Waals surface area contributed by atoms with Crippen molar-refractivity contribution in [1.29, 1.82) is 0 Å². The van der Waals surface area contributed by atoms with Crippen LogP contribution in [0.1, 0.15) is 45.1 Å². The summed E-state index contributed by atoms with van der Waals surface area (Å²) in [5, 5.41) is 25.1. The van der Waals surface area contributed by atoms with Crippen LogP contribution in [0, 0.1) is 11.3 Å². The molecule has 31 heavy (non-hydrogen) atoms. The lowest BCUT2D eigenvalue weighted by atomic mass is 10.00. The molecule has 0 bridgehead atoms. The number of halogens is 1. The van der Waals surface area contributed by atoms with Crippen molar-refractivity contribution < 1.29 is 14.7 Å². The van der Waals surface area contributed by atoms with Crippen LogP contribution in [0.4, 0.5) is 0 Å². The maximum Gasteiger partial charge on any atom is 0.252 e. The van der Waals surface area contributed by atoms with Crippen LogP contribution in [0.25, 0.3) is 5.69 Å². The Bertz CT molecular complexity index is 962. The van der Waals surface area contributed by atoms with E-state index in [1.54, 1.807) is 18.2 Å². The van der Waals surface area contributed by atoms with Gasteiger partial charge in [0.15, 0.2) is 0 Å². The zero-order valence-corrected chi connectivity index (χ0v) is 18.4. The first-order valence-corrected chi connectivity index (χ1v) is 10.9. The van der Waals surface area contributed by atoms with Gasteiger partial charge < -0.3 is 15.3 Å². The highest BCUT2D eigenvalue weighted by atomic mass is 35.5. The Hall–Kier alpha value is -2.52. The molecule has 0 unspecified atom stereocenters. The predicted octanol–water partition coefficient (Wildman–Crippen LogP) is 1.72. The molecule has 1 aliphatic carbocycles. The summed E-state index contributed by atoms with van der Waals surface area (Å²) in [5.41, 5.74) is 1.51. The van der Waals surface area contributed by atoms with Gasteiger partial charge in [0.05, 0.1) is 5.69 Å². The second-order valence-corrected chi connectivity index (χ2v) is 9.56. The van der Waals surface area contributed by atoms with Crippen molar-refractivity contribution in [3.63, 3.8) is 0 Å². The molecule has 166 valence electrons. The molecule has 9 nitrogen and oxygen atoms in total. The molecule has 2 heterocycles. The number of carbonyl (C=O) groups is 2. The smallest absolute Gasteiger partial charge is 0.252 e. The van der Waals surface area contributed by atoms with Crippen molar-refractivity contribution in [2.75, 3.05) is 6.54 Å². The van der Waals surface area contributed by atoms with Gasteiger partial charge in [-0.2, -0.15) is 0 Å². The molecule has 1 aliphatic heterocycles. The van der Waals surface area contributed by atoms with Crippen molar-refractivity contribution >= 4 is 23.4 Å². The van der Waals surface area contributed by atoms with Crippen LogP contribution in [-0.2, 0) is 16.1 Å². The Morgan fingerprint density at radius 1 is 1.39 bits per heavy atom. The van der Waals surface area contributed by atoms with E-state index in [0.717, 1.165) is 18.4 Å². The summed E-state index contributed by atoms with van der Waals surface area (Å²) in [6.45, 7) is 4.77. The highest BCUT2D eigenvalue weighted by Crippen LogP contribution is 2.49. The van der Waals surface area contributed by atoms with Gasteiger partial charge in [-0.15, -0.1) is 5.10 Å². The Labute approximate surface area is 185 Å². The number of aromatic nitrogens is 4. The molecular weight excluding hydrogens is 420 g/mol. The van der Waals surface area contributed by atoms with Gasteiger partial charge in [0.2, 0.25) is 5.91 Å². The highest BCUT2D eigenvalue weighted by molar-refractivity contribution is 6.30. The zero-order valence-electron chi connectivity index (χ0n) is 17.7. The Morgan fingerprint density at radius 3 is 2.84 bits per heavy atom. The number of benzene rings is 1. The molecule has 2 N–H and O–H groups in total. The van der Waals surface area contributed by atoms with E-state index in [4.69, 9.17) is 11.6 Å². The van der Waals surface area contributed by atoms with E-state index in [1.807, 2.05) is 6.92 Å². The predicted molar refractivity (Wildman–Crippen MR) is 113 cm³/mol. The van der Waals surface area contributed by atoms with Gasteiger partial charge in [0, 0.05) is 18.1 Å². The lowest BCUT2D eigenvalue weighted by Gasteiger charge is -2.27. The number of rotatable bonds is 7. The van der Waals surface area contributed by atoms with E-state index in [1.165, 1.54) is 15.9 Å². The third-order valence-corrected chi connectivity index (χ3v) is 6.50. The van der Waals surface area contributed by atoms with Gasteiger partial charge in [-0.25, -0.2) is 4.68 Å². The minimum Gasteiger partial charge on any atom is -0.383 e. The van der Waals surface area contributed by atoms with E-state index >= 15 is 0 Å². The largest absolute Gasteiger partial charge is 0.383 e. The monoisotopic (exact) mass is 446 g/mol. The fraction of sp³-hybridized carbons (Fsp3) is 0.571. The summed E-state index contributed by atoms with van der Waals surface area (Å²) in [7, 11) is 0. The minimum absolute atomic E-state index is 0.0529. The van der Waals surface area contributed by atoms with Crippen LogP contribution in [0.15, 0.2) is 24.5 Å². The second kappa shape index (κ2) is 8.55. The number of aliphatic hydroxyl groups excluding tert-OH is 1. The van der Waals surface area contributed by atoms with Gasteiger partial charge in [0.25, 0.3) is 5.91 Å². The topological polar surface area (TPSA) is 113 Å². The molecule has 3 atom stereocenters. The lowest BCUT2D eigenvalue weighted by molar-refractivity contribution is -0.146. The quantitative estimate of drug-likeness (QED) is 0.669. The van der Waals surface area contributed by atoms with Crippen LogP contribution in [-0.4, -0.2) is 60.7 Å². The molecule has 4 rings (SSSR count). The van der Waals surface area contributed by atoms with E-state index in [-0.39, 0.29) is 29.7 Å². The number of hydrogen-bond donors (Lipinski definition) is 2. The van der Waals surface area contributed by atoms with Crippen molar-refractivity contribution in [3.05, 3.63) is 35.1 Å². The molecule has 0 radical (unpaired) electrons. The maximum atomic E-state index is 13.0. The second-order valence-electron chi connectivity index (χ2n) is 9.12. The Kier molecular flexibility index (Phi) is 5.98. The van der Waals surface area contributed by atoms with Gasteiger partial charge in [0.1, 0.15) is 18.5 Å². The number of nitrogens with one attached hydrogen (secondary N) is 1. The number of carbonyl (C=O) groups excluding carboxylic acids is 2. The Morgan fingerprint density at radius 2 is 2.16 bits per heavy atom. The number of hydrogen-bond acceptors (Lipinski definition) is 6. The maximum absolute atomic E-state index is 13.0. The molecule has 0 spiro atoms. The van der Waals surface area contributed by atoms with E-state index in [2.05, 4.69) is 27.8 Å². The summed E-state index contributed by atoms with van der Waals surface area (Å²) in [6.07, 6.45) is 3.48. The molecule has 1 saturated carbocycles. The van der Waals surface area contributed by atoms with Gasteiger partial charge in [-0.1, -0.05) is 25.4 Å². The fourth-order valence-electron chi connectivity index (χ4n) is 4.19. The first-order chi connectivity index (χ1) is 14.8. The molecular formula is C21H27ClN6O3. The number of aliphatic hydroxyl groups is 1. The van der Waals surface area contributed by atoms with Crippen molar-refractivity contribution in [1.82, 2.24) is 30.4 Å². The Balaban J connectivity index is 1.44. The van der Waals surface area contributed by atoms with Gasteiger partial charge in [-0.3, -0.25) is 9.59 Å². The summed E-state index contributed by atoms with van der Waals surface area (Å²) in [6, 6.07) is 4.66. The van der Waals surface area contributed by atoms with Crippen LogP contribution in [0.5, 0.6) is 0 Å². The number of amides is 2. The van der Waals surface area contributed by atoms with E-state index in [9.17, 15) is 14.7 Å². The SMILES string of the molecule is C[C@@H]1C[C@@H](C(=O)NCc2cc(Cl)ccc2-n2cnnn2)N(C(=O)[C@H](O)CC2(C)CC2)C1. The van der Waals surface area contributed by atoms with Crippen molar-refractivity contribution in [3.8, 4) is 5.69 Å². The summed E-state index contributed by atoms with van der Waals surface area (Å²) < 4.78 is 1.50. The average molecular weight is 447 g/mol. The molecule has 2 amide bonds. The lowest BCUT2D eigenvalue weighted by Crippen LogP contribution is -2.49. The molecule has 2 fully saturated rings. The van der Waals surface area contributed by atoms with Crippen LogP contribution in [0.3, 0.4) is 0 Å². The molecule has 10 heteroatoms. The molecule has 1 aromatic heterocycles. The third kappa shape index (κ3) is 4.88. The van der Waals surface area contributed by atoms with Crippen LogP contribution in [0.2, 0.25) is 5.02 Å². The molecule has 1 aromatic carbocycles. The van der Waals surface area contributed by atoms with Crippen molar-refractivity contribution in [2.45, 2.75) is 58.2 Å². The van der Waals surface area contributed by atoms with Crippen molar-refractivity contribution in [2.24, 2.45) is 11.3 Å². The first kappa shape index (κ1) is 21.7. The summed E-state index contributed by atoms with van der Waals surface area (Å²) in [4.78, 5) is 27.4. The zero-order chi connectivity index (χ0) is 22.2. The number of likely N-dealkylation sites (tertiary alicyclic amines) is 1. The van der Waals surface area contributed by atoms with Crippen LogP contribution < -0.4 is 5.32 Å². The summed E-state index contributed by atoms with van der Waals surface area (Å²) >= 11 is 6.14. The summed E-state index contributed by atoms with van der Waals surface area (Å²) in [5.74, 6) is -0.411. The first-order valence-electron chi connectivity index (χ1n) is 10.5. The average Bonchev–Trinajstić information content (AvgIpc) is 3.12. The fourth-order valence-corrected chi connectivity index (χ4v) is 4.39. The minimum atomic E-state index is -1.06. The van der Waals surface area contributed by atoms with Gasteiger partial charge in [-0.05, 0) is 71.2 Å². The van der Waals surface area contributed by atoms with E-state index in [0.29, 0.717) is 30.1 Å². The molecule has 2 aromatic rings. The highest BCUT2D eigenvalue weighted by Gasteiger charge is 2.44. The third-order valence-electron chi connectivity index (χ3n) is 6.26. The molecule has 1 saturated heterocycles. The number of nitrogens with zero attached hydrogens (tertiary/aromatic N) is 5. The standard InChI is InChI=1S/C21H27ClN6O3/c1-13-7-17(27(11-13)20(31)18(29)9-21(2)5-6-21)19(30)23-10-14-8-15(22)3-4-16(14)28-12-24-25-26-28/h3-4,8,12-13,17-18,29H,5-7,9-11H2,1-2H3,(H,23,30)/t13-,17+,18-/m1/s1. The van der Waals surface area contributed by atoms with Gasteiger partial charge >= 0.3 is 0 Å². The number of tetrazole rings is 1. The van der Waals surface area contributed by atoms with Crippen LogP contribution >= 0.6 is 11.6 Å². The van der Waals surface area contributed by atoms with E-state index < -0.39 is 12.1 Å². The molecule has 2 aliphatic rings.